The van der Waals surface area contributed by atoms with Crippen molar-refractivity contribution in [1.82, 2.24) is 34.2 Å². The van der Waals surface area contributed by atoms with Gasteiger partial charge in [-0.3, -0.25) is 24.1 Å². The molecule has 4 aromatic carbocycles. The smallest absolute Gasteiger partial charge is 0.256 e. The lowest BCUT2D eigenvalue weighted by Crippen LogP contribution is -2.75. The number of hydrogen-bond acceptors (Lipinski definition) is 8. The Hall–Kier alpha value is -6.44. The molecule has 4 amide bonds. The summed E-state index contributed by atoms with van der Waals surface area (Å²) in [6, 6.07) is 29.5. The van der Waals surface area contributed by atoms with Crippen molar-refractivity contribution in [3.8, 4) is 11.5 Å². The molecule has 3 aliphatic heterocycles. The van der Waals surface area contributed by atoms with Crippen LogP contribution in [0.15, 0.2) is 116 Å². The van der Waals surface area contributed by atoms with Crippen LogP contribution in [0.1, 0.15) is 39.0 Å². The number of piperazine rings is 2. The summed E-state index contributed by atoms with van der Waals surface area (Å²) in [5, 5.41) is 14.2. The van der Waals surface area contributed by atoms with Crippen LogP contribution in [0, 0.1) is 0 Å². The number of aryl methyl sites for hydroxylation is 2. The monoisotopic (exact) mass is 823 g/mol. The van der Waals surface area contributed by atoms with Crippen LogP contribution in [0.25, 0.3) is 10.9 Å². The minimum absolute atomic E-state index is 0.0323. The average molecular weight is 824 g/mol. The predicted octanol–water partition coefficient (Wildman–Crippen LogP) is 4.84. The van der Waals surface area contributed by atoms with Gasteiger partial charge in [0.2, 0.25) is 17.7 Å². The number of phenolic OH excluding ortho intramolecular Hbond substituents is 1. The molecule has 1 N–H and O–H groups in total. The van der Waals surface area contributed by atoms with E-state index in [9.17, 15) is 24.3 Å². The first-order valence-electron chi connectivity index (χ1n) is 20.9. The van der Waals surface area contributed by atoms with Crippen LogP contribution in [0.4, 0.5) is 0 Å². The number of carbonyl (C=O) groups excluding carboxylic acids is 4. The summed E-state index contributed by atoms with van der Waals surface area (Å²) >= 11 is 0. The van der Waals surface area contributed by atoms with Crippen LogP contribution < -0.4 is 4.74 Å². The van der Waals surface area contributed by atoms with Crippen molar-refractivity contribution in [3.63, 3.8) is 0 Å². The third kappa shape index (κ3) is 8.75. The van der Waals surface area contributed by atoms with Gasteiger partial charge in [-0.1, -0.05) is 78.9 Å². The minimum atomic E-state index is -0.904. The number of benzene rings is 4. The second-order valence-corrected chi connectivity index (χ2v) is 16.1. The first-order chi connectivity index (χ1) is 29.6. The molecule has 13 nitrogen and oxygen atoms in total. The fourth-order valence-electron chi connectivity index (χ4n) is 9.13. The Morgan fingerprint density at radius 2 is 1.61 bits per heavy atom. The number of phenols is 1. The van der Waals surface area contributed by atoms with Gasteiger partial charge in [0, 0.05) is 77.3 Å². The Bertz CT molecular complexity index is 2410. The van der Waals surface area contributed by atoms with Crippen molar-refractivity contribution in [3.05, 3.63) is 144 Å². The maximum Gasteiger partial charge on any atom is 0.256 e. The maximum absolute atomic E-state index is 14.8. The summed E-state index contributed by atoms with van der Waals surface area (Å²) in [4.78, 5) is 65.1. The van der Waals surface area contributed by atoms with Gasteiger partial charge < -0.3 is 29.1 Å². The molecule has 3 fully saturated rings. The summed E-state index contributed by atoms with van der Waals surface area (Å²) in [6.07, 6.45) is 3.73. The lowest BCUT2D eigenvalue weighted by atomic mass is 9.97. The standard InChI is InChI=1S/C48H53N7O6/c1-4-22-53-33-45(58)54-42(28-35-16-19-38(56)20-17-35)48(60)52(32-43(54)55(53)44(57)21-18-34-10-6-5-7-11-34)30-37-13-9-15-40-41(31-49(2)46(37)40)47(59)51-25-23-50(24-26-51)29-36-12-8-14-39(27-36)61-3/h4-17,19-20,27,31,42-43,56H,1,18,21-26,28-30,32-33H2,2-3H3/t42-,43-/m0/s1. The topological polar surface area (TPSA) is 122 Å². The van der Waals surface area contributed by atoms with E-state index in [0.29, 0.717) is 25.1 Å². The summed E-state index contributed by atoms with van der Waals surface area (Å²) < 4.78 is 7.36. The number of aromatic hydroxyl groups is 1. The van der Waals surface area contributed by atoms with Gasteiger partial charge in [-0.05, 0) is 52.9 Å². The Balaban J connectivity index is 1.06. The molecule has 0 aliphatic carbocycles. The van der Waals surface area contributed by atoms with Crippen LogP contribution in [-0.4, -0.2) is 128 Å². The minimum Gasteiger partial charge on any atom is -0.508 e. The Labute approximate surface area is 356 Å². The number of amides is 4. The number of carbonyl (C=O) groups is 4. The zero-order valence-electron chi connectivity index (χ0n) is 34.9. The van der Waals surface area contributed by atoms with E-state index in [0.717, 1.165) is 53.0 Å². The van der Waals surface area contributed by atoms with E-state index in [-0.39, 0.29) is 68.4 Å². The summed E-state index contributed by atoms with van der Waals surface area (Å²) in [5.41, 5.74) is 5.26. The zero-order chi connectivity index (χ0) is 42.6. The molecule has 0 saturated carbocycles. The Morgan fingerprint density at radius 1 is 0.869 bits per heavy atom. The Kier molecular flexibility index (Phi) is 12.2. The third-order valence-corrected chi connectivity index (χ3v) is 12.1. The largest absolute Gasteiger partial charge is 0.508 e. The zero-order valence-corrected chi connectivity index (χ0v) is 34.9. The van der Waals surface area contributed by atoms with Crippen molar-refractivity contribution in [2.24, 2.45) is 7.05 Å². The fraction of sp³-hybridized carbons (Fsp3) is 0.333. The first kappa shape index (κ1) is 41.3. The highest BCUT2D eigenvalue weighted by molar-refractivity contribution is 6.07. The molecule has 13 heteroatoms. The second-order valence-electron chi connectivity index (χ2n) is 16.1. The first-order valence-corrected chi connectivity index (χ1v) is 20.9. The van der Waals surface area contributed by atoms with Gasteiger partial charge in [-0.2, -0.15) is 0 Å². The number of hydrazine groups is 1. The van der Waals surface area contributed by atoms with Crippen LogP contribution in [0.3, 0.4) is 0 Å². The summed E-state index contributed by atoms with van der Waals surface area (Å²) in [7, 11) is 3.59. The lowest BCUT2D eigenvalue weighted by molar-refractivity contribution is -0.205. The lowest BCUT2D eigenvalue weighted by Gasteiger charge is -2.55. The van der Waals surface area contributed by atoms with E-state index < -0.39 is 12.2 Å². The van der Waals surface area contributed by atoms with Gasteiger partial charge >= 0.3 is 0 Å². The molecule has 61 heavy (non-hydrogen) atoms. The van der Waals surface area contributed by atoms with E-state index in [2.05, 4.69) is 17.5 Å². The number of ether oxygens (including phenoxy) is 1. The van der Waals surface area contributed by atoms with Gasteiger partial charge in [0.05, 0.1) is 31.3 Å². The number of rotatable bonds is 13. The molecule has 0 spiro atoms. The van der Waals surface area contributed by atoms with E-state index in [4.69, 9.17) is 4.74 Å². The molecule has 0 bridgehead atoms. The third-order valence-electron chi connectivity index (χ3n) is 12.1. The highest BCUT2D eigenvalue weighted by Crippen LogP contribution is 2.33. The molecule has 0 radical (unpaired) electrons. The van der Waals surface area contributed by atoms with Crippen LogP contribution in [0.2, 0.25) is 0 Å². The molecule has 3 saturated heterocycles. The number of fused-ring (bicyclic) bond motifs is 2. The predicted molar refractivity (Wildman–Crippen MR) is 232 cm³/mol. The molecule has 8 rings (SSSR count). The van der Waals surface area contributed by atoms with E-state index in [1.165, 1.54) is 5.56 Å². The van der Waals surface area contributed by atoms with E-state index in [1.54, 1.807) is 57.3 Å². The van der Waals surface area contributed by atoms with Gasteiger partial charge in [-0.15, -0.1) is 6.58 Å². The van der Waals surface area contributed by atoms with Gasteiger partial charge in [0.15, 0.2) is 0 Å². The molecule has 316 valence electrons. The maximum atomic E-state index is 14.8. The Morgan fingerprint density at radius 3 is 2.34 bits per heavy atom. The number of para-hydroxylation sites is 1. The number of nitrogens with zero attached hydrogens (tertiary/aromatic N) is 7. The number of methoxy groups -OCH3 is 1. The molecule has 2 atom stereocenters. The van der Waals surface area contributed by atoms with Crippen molar-refractivity contribution in [1.29, 1.82) is 0 Å². The summed E-state index contributed by atoms with van der Waals surface area (Å²) in [5.74, 6) is 0.260. The molecular weight excluding hydrogens is 771 g/mol. The van der Waals surface area contributed by atoms with Crippen LogP contribution in [-0.2, 0) is 47.4 Å². The molecule has 1 aromatic heterocycles. The number of hydrogen-bond donors (Lipinski definition) is 1. The highest BCUT2D eigenvalue weighted by atomic mass is 16.5. The van der Waals surface area contributed by atoms with Gasteiger partial charge in [0.25, 0.3) is 5.91 Å². The SMILES string of the molecule is C=CCN1CC(=O)N2[C@@H](Cc3ccc(O)cc3)C(=O)N(Cc3cccc4c(C(=O)N5CCN(Cc6cccc(OC)c6)CC5)cn(C)c34)C[C@@H]2N1C(=O)CCc1ccccc1. The van der Waals surface area contributed by atoms with E-state index >= 15 is 0 Å². The van der Waals surface area contributed by atoms with Gasteiger partial charge in [-0.25, -0.2) is 10.0 Å². The fourth-order valence-corrected chi connectivity index (χ4v) is 9.13. The number of aromatic nitrogens is 1. The van der Waals surface area contributed by atoms with Crippen molar-refractivity contribution in [2.45, 2.75) is 44.6 Å². The van der Waals surface area contributed by atoms with Crippen LogP contribution >= 0.6 is 0 Å². The van der Waals surface area contributed by atoms with Crippen LogP contribution in [0.5, 0.6) is 11.5 Å². The molecule has 0 unspecified atom stereocenters. The van der Waals surface area contributed by atoms with Gasteiger partial charge in [0.1, 0.15) is 23.7 Å². The van der Waals surface area contributed by atoms with Crippen molar-refractivity contribution in [2.75, 3.05) is 52.9 Å². The average Bonchev–Trinajstić information content (AvgIpc) is 3.62. The van der Waals surface area contributed by atoms with Crippen molar-refractivity contribution >= 4 is 34.5 Å². The van der Waals surface area contributed by atoms with Crippen molar-refractivity contribution < 1.29 is 29.0 Å². The quantitative estimate of drug-likeness (QED) is 0.168. The second kappa shape index (κ2) is 18.0. The molecule has 5 aromatic rings. The molecule has 4 heterocycles. The normalized spacial score (nSPS) is 18.7. The van der Waals surface area contributed by atoms with E-state index in [1.807, 2.05) is 89.4 Å². The highest BCUT2D eigenvalue weighted by Gasteiger charge is 2.51. The summed E-state index contributed by atoms with van der Waals surface area (Å²) in [6.45, 7) is 7.88. The molecular formula is C48H53N7O6. The molecule has 3 aliphatic rings.